The molecule has 0 bridgehead atoms. The predicted molar refractivity (Wildman–Crippen MR) is 98.7 cm³/mol. The van der Waals surface area contributed by atoms with Crippen LogP contribution in [0.3, 0.4) is 0 Å². The monoisotopic (exact) mass is 397 g/mol. The Morgan fingerprint density at radius 1 is 1.08 bits per heavy atom. The lowest BCUT2D eigenvalue weighted by atomic mass is 10.1. The second-order valence-electron chi connectivity index (χ2n) is 5.84. The molecule has 0 heterocycles. The fraction of sp³-hybridized carbons (Fsp3) is 0.263. The van der Waals surface area contributed by atoms with Crippen LogP contribution in [0.1, 0.15) is 31.0 Å². The van der Waals surface area contributed by atoms with E-state index in [4.69, 9.17) is 27.9 Å². The fourth-order valence-electron chi connectivity index (χ4n) is 2.27. The van der Waals surface area contributed by atoms with Gasteiger partial charge in [-0.2, -0.15) is 0 Å². The number of halogens is 3. The van der Waals surface area contributed by atoms with Crippen molar-refractivity contribution in [3.8, 4) is 0 Å². The molecule has 0 aliphatic heterocycles. The number of benzene rings is 2. The third kappa shape index (κ3) is 5.71. The van der Waals surface area contributed by atoms with E-state index in [1.165, 1.54) is 19.1 Å². The zero-order chi connectivity index (χ0) is 19.3. The first-order chi connectivity index (χ1) is 12.3. The minimum atomic E-state index is -0.965. The minimum Gasteiger partial charge on any atom is -0.452 e. The Labute approximate surface area is 161 Å². The van der Waals surface area contributed by atoms with Crippen molar-refractivity contribution in [2.24, 2.45) is 0 Å². The van der Waals surface area contributed by atoms with Crippen molar-refractivity contribution in [2.75, 3.05) is 0 Å². The van der Waals surface area contributed by atoms with E-state index in [1.54, 1.807) is 37.3 Å². The Hall–Kier alpha value is -2.11. The maximum absolute atomic E-state index is 12.9. The molecule has 0 unspecified atom stereocenters. The largest absolute Gasteiger partial charge is 0.452 e. The van der Waals surface area contributed by atoms with E-state index >= 15 is 0 Å². The zero-order valence-corrected chi connectivity index (χ0v) is 15.8. The van der Waals surface area contributed by atoms with Crippen molar-refractivity contribution >= 4 is 35.1 Å². The predicted octanol–water partition coefficient (Wildman–Crippen LogP) is 4.48. The number of hydrogen-bond acceptors (Lipinski definition) is 3. The van der Waals surface area contributed by atoms with Gasteiger partial charge in [0.2, 0.25) is 0 Å². The number of hydrogen-bond donors (Lipinski definition) is 1. The van der Waals surface area contributed by atoms with Crippen LogP contribution in [0.2, 0.25) is 10.0 Å². The van der Waals surface area contributed by atoms with E-state index in [9.17, 15) is 14.0 Å². The molecule has 7 heteroatoms. The molecule has 2 atom stereocenters. The molecule has 0 saturated heterocycles. The SMILES string of the molecule is C[C@H](OC(=O)Cc1ccc(Cl)c(Cl)c1)C(=O)N[C@@H](C)c1ccc(F)cc1. The molecule has 0 aliphatic rings. The van der Waals surface area contributed by atoms with Gasteiger partial charge in [0.25, 0.3) is 5.91 Å². The van der Waals surface area contributed by atoms with Gasteiger partial charge in [0.15, 0.2) is 6.10 Å². The van der Waals surface area contributed by atoms with E-state index in [0.29, 0.717) is 15.6 Å². The Bertz CT molecular complexity index is 796. The summed E-state index contributed by atoms with van der Waals surface area (Å²) in [5.41, 5.74) is 1.38. The molecule has 2 rings (SSSR count). The highest BCUT2D eigenvalue weighted by Crippen LogP contribution is 2.23. The lowest BCUT2D eigenvalue weighted by Gasteiger charge is -2.18. The number of carbonyl (C=O) groups excluding carboxylic acids is 2. The number of esters is 1. The van der Waals surface area contributed by atoms with Gasteiger partial charge in [-0.1, -0.05) is 41.4 Å². The van der Waals surface area contributed by atoms with Gasteiger partial charge in [-0.15, -0.1) is 0 Å². The summed E-state index contributed by atoms with van der Waals surface area (Å²) in [6.07, 6.45) is -0.990. The third-order valence-electron chi connectivity index (χ3n) is 3.74. The lowest BCUT2D eigenvalue weighted by Crippen LogP contribution is -2.37. The second kappa shape index (κ2) is 9.01. The van der Waals surface area contributed by atoms with Crippen LogP contribution in [0.15, 0.2) is 42.5 Å². The molecule has 2 aromatic rings. The Morgan fingerprint density at radius 3 is 2.35 bits per heavy atom. The van der Waals surface area contributed by atoms with Gasteiger partial charge in [0.1, 0.15) is 5.82 Å². The van der Waals surface area contributed by atoms with Crippen LogP contribution >= 0.6 is 23.2 Å². The van der Waals surface area contributed by atoms with Gasteiger partial charge in [-0.25, -0.2) is 4.39 Å². The van der Waals surface area contributed by atoms with Gasteiger partial charge < -0.3 is 10.1 Å². The molecule has 0 aliphatic carbocycles. The summed E-state index contributed by atoms with van der Waals surface area (Å²) in [6, 6.07) is 10.3. The fourth-order valence-corrected chi connectivity index (χ4v) is 2.59. The van der Waals surface area contributed by atoms with Gasteiger partial charge >= 0.3 is 5.97 Å². The molecule has 2 aromatic carbocycles. The third-order valence-corrected chi connectivity index (χ3v) is 4.48. The van der Waals surface area contributed by atoms with Crippen molar-refractivity contribution in [1.82, 2.24) is 5.32 Å². The molecule has 0 saturated carbocycles. The molecule has 0 spiro atoms. The lowest BCUT2D eigenvalue weighted by molar-refractivity contribution is -0.154. The topological polar surface area (TPSA) is 55.4 Å². The number of nitrogens with one attached hydrogen (secondary N) is 1. The molecule has 4 nitrogen and oxygen atoms in total. The summed E-state index contributed by atoms with van der Waals surface area (Å²) in [5, 5.41) is 3.46. The molecular formula is C19H18Cl2FNO3. The van der Waals surface area contributed by atoms with Crippen molar-refractivity contribution in [2.45, 2.75) is 32.4 Å². The summed E-state index contributed by atoms with van der Waals surface area (Å²) in [4.78, 5) is 24.2. The van der Waals surface area contributed by atoms with Crippen LogP contribution in [-0.4, -0.2) is 18.0 Å². The summed E-state index contributed by atoms with van der Waals surface area (Å²) in [5.74, 6) is -1.35. The summed E-state index contributed by atoms with van der Waals surface area (Å²) in [7, 11) is 0. The number of carbonyl (C=O) groups is 2. The average Bonchev–Trinajstić information content (AvgIpc) is 2.58. The van der Waals surface area contributed by atoms with Crippen molar-refractivity contribution in [3.05, 3.63) is 69.5 Å². The molecule has 0 aromatic heterocycles. The highest BCUT2D eigenvalue weighted by atomic mass is 35.5. The summed E-state index contributed by atoms with van der Waals surface area (Å²) in [6.45, 7) is 3.24. The van der Waals surface area contributed by atoms with Crippen LogP contribution in [-0.2, 0) is 20.7 Å². The number of ether oxygens (including phenoxy) is 1. The van der Waals surface area contributed by atoms with Gasteiger partial charge in [-0.05, 0) is 49.2 Å². The molecule has 1 amide bonds. The Morgan fingerprint density at radius 2 is 1.73 bits per heavy atom. The van der Waals surface area contributed by atoms with Gasteiger partial charge in [-0.3, -0.25) is 9.59 Å². The van der Waals surface area contributed by atoms with Crippen LogP contribution < -0.4 is 5.32 Å². The van der Waals surface area contributed by atoms with E-state index in [2.05, 4.69) is 5.32 Å². The maximum atomic E-state index is 12.9. The quantitative estimate of drug-likeness (QED) is 0.730. The molecule has 138 valence electrons. The molecule has 1 N–H and O–H groups in total. The average molecular weight is 398 g/mol. The highest BCUT2D eigenvalue weighted by Gasteiger charge is 2.20. The number of amides is 1. The van der Waals surface area contributed by atoms with E-state index in [1.807, 2.05) is 0 Å². The normalized spacial score (nSPS) is 13.0. The van der Waals surface area contributed by atoms with Gasteiger partial charge in [0.05, 0.1) is 22.5 Å². The Balaban J connectivity index is 1.88. The molecule has 26 heavy (non-hydrogen) atoms. The molecule has 0 fully saturated rings. The van der Waals surface area contributed by atoms with Crippen molar-refractivity contribution in [3.63, 3.8) is 0 Å². The Kier molecular flexibility index (Phi) is 7.00. The molecular weight excluding hydrogens is 380 g/mol. The first-order valence-corrected chi connectivity index (χ1v) is 8.71. The van der Waals surface area contributed by atoms with Crippen LogP contribution in [0, 0.1) is 5.82 Å². The van der Waals surface area contributed by atoms with E-state index in [0.717, 1.165) is 5.56 Å². The van der Waals surface area contributed by atoms with Gasteiger partial charge in [0, 0.05) is 0 Å². The summed E-state index contributed by atoms with van der Waals surface area (Å²) >= 11 is 11.7. The minimum absolute atomic E-state index is 0.0258. The second-order valence-corrected chi connectivity index (χ2v) is 6.65. The van der Waals surface area contributed by atoms with Crippen LogP contribution in [0.25, 0.3) is 0 Å². The smallest absolute Gasteiger partial charge is 0.311 e. The van der Waals surface area contributed by atoms with Crippen LogP contribution in [0.4, 0.5) is 4.39 Å². The zero-order valence-electron chi connectivity index (χ0n) is 14.3. The first kappa shape index (κ1) is 20.2. The molecule has 0 radical (unpaired) electrons. The van der Waals surface area contributed by atoms with E-state index in [-0.39, 0.29) is 18.3 Å². The standard InChI is InChI=1S/C19H18Cl2FNO3/c1-11(14-4-6-15(22)7-5-14)23-19(25)12(2)26-18(24)10-13-3-8-16(20)17(21)9-13/h3-9,11-12H,10H2,1-2H3,(H,23,25)/t11-,12-/m0/s1. The van der Waals surface area contributed by atoms with Crippen molar-refractivity contribution < 1.29 is 18.7 Å². The van der Waals surface area contributed by atoms with Crippen molar-refractivity contribution in [1.29, 1.82) is 0 Å². The first-order valence-electron chi connectivity index (χ1n) is 7.95. The highest BCUT2D eigenvalue weighted by molar-refractivity contribution is 6.42. The number of rotatable bonds is 6. The maximum Gasteiger partial charge on any atom is 0.311 e. The van der Waals surface area contributed by atoms with E-state index < -0.39 is 18.0 Å². The summed E-state index contributed by atoms with van der Waals surface area (Å²) < 4.78 is 18.1. The van der Waals surface area contributed by atoms with Crippen LogP contribution in [0.5, 0.6) is 0 Å².